The largest absolute Gasteiger partial charge is 0.494 e. The predicted octanol–water partition coefficient (Wildman–Crippen LogP) is 3.11. The second kappa shape index (κ2) is 8.60. The monoisotopic (exact) mass is 442 g/mol. The van der Waals surface area contributed by atoms with Gasteiger partial charge in [0.2, 0.25) is 10.0 Å². The van der Waals surface area contributed by atoms with E-state index in [0.29, 0.717) is 18.9 Å². The van der Waals surface area contributed by atoms with Gasteiger partial charge in [0.15, 0.2) is 17.4 Å². The zero-order valence-electron chi connectivity index (χ0n) is 17.3. The molecule has 0 saturated carbocycles. The molecule has 0 radical (unpaired) electrons. The molecule has 1 saturated heterocycles. The number of hydrogen-bond acceptors (Lipinski definition) is 6. The summed E-state index contributed by atoms with van der Waals surface area (Å²) in [5, 5.41) is 8.69. The minimum atomic E-state index is -3.79. The number of piperazine rings is 1. The van der Waals surface area contributed by atoms with Gasteiger partial charge in [-0.15, -0.1) is 10.2 Å². The number of rotatable bonds is 5. The van der Waals surface area contributed by atoms with Crippen molar-refractivity contribution in [2.45, 2.75) is 11.8 Å². The molecule has 7 nitrogen and oxygen atoms in total. The first-order chi connectivity index (χ1) is 14.9. The molecule has 1 aliphatic heterocycles. The molecule has 0 N–H and O–H groups in total. The smallest absolute Gasteiger partial charge is 0.243 e. The quantitative estimate of drug-likeness (QED) is 0.604. The van der Waals surface area contributed by atoms with Crippen LogP contribution in [0.15, 0.2) is 59.5 Å². The van der Waals surface area contributed by atoms with Crippen molar-refractivity contribution in [3.8, 4) is 17.0 Å². The predicted molar refractivity (Wildman–Crippen MR) is 116 cm³/mol. The van der Waals surface area contributed by atoms with E-state index in [0.717, 1.165) is 22.9 Å². The van der Waals surface area contributed by atoms with Gasteiger partial charge in [-0.1, -0.05) is 24.3 Å². The van der Waals surface area contributed by atoms with E-state index in [1.807, 2.05) is 48.2 Å². The maximum atomic E-state index is 14.0. The van der Waals surface area contributed by atoms with Crippen LogP contribution in [0.5, 0.6) is 5.75 Å². The second-order valence-corrected chi connectivity index (χ2v) is 9.22. The minimum Gasteiger partial charge on any atom is -0.494 e. The van der Waals surface area contributed by atoms with Crippen LogP contribution >= 0.6 is 0 Å². The van der Waals surface area contributed by atoms with E-state index in [-0.39, 0.29) is 23.7 Å². The molecule has 0 aliphatic carbocycles. The molecule has 0 spiro atoms. The van der Waals surface area contributed by atoms with E-state index in [1.54, 1.807) is 0 Å². The lowest BCUT2D eigenvalue weighted by Gasteiger charge is -2.34. The summed E-state index contributed by atoms with van der Waals surface area (Å²) in [5.41, 5.74) is 2.95. The lowest BCUT2D eigenvalue weighted by atomic mass is 10.1. The van der Waals surface area contributed by atoms with Gasteiger partial charge in [0.25, 0.3) is 0 Å². The normalized spacial score (nSPS) is 15.1. The van der Waals surface area contributed by atoms with Gasteiger partial charge in [0.1, 0.15) is 0 Å². The zero-order valence-corrected chi connectivity index (χ0v) is 18.1. The van der Waals surface area contributed by atoms with Gasteiger partial charge >= 0.3 is 0 Å². The molecule has 4 rings (SSSR count). The highest BCUT2D eigenvalue weighted by Gasteiger charge is 2.29. The van der Waals surface area contributed by atoms with Crippen molar-refractivity contribution in [3.05, 3.63) is 66.0 Å². The average Bonchev–Trinajstić information content (AvgIpc) is 2.79. The molecule has 9 heteroatoms. The third-order valence-electron chi connectivity index (χ3n) is 5.40. The Kier molecular flexibility index (Phi) is 5.88. The summed E-state index contributed by atoms with van der Waals surface area (Å²) in [6.07, 6.45) is 0. The molecule has 3 aromatic rings. The summed E-state index contributed by atoms with van der Waals surface area (Å²) >= 11 is 0. The van der Waals surface area contributed by atoms with E-state index in [2.05, 4.69) is 10.2 Å². The fraction of sp³-hybridized carbons (Fsp3) is 0.273. The maximum Gasteiger partial charge on any atom is 0.243 e. The van der Waals surface area contributed by atoms with E-state index in [9.17, 15) is 12.8 Å². The molecule has 0 bridgehead atoms. The fourth-order valence-electron chi connectivity index (χ4n) is 3.61. The average molecular weight is 443 g/mol. The summed E-state index contributed by atoms with van der Waals surface area (Å²) in [4.78, 5) is 1.91. The number of aromatic nitrogens is 2. The van der Waals surface area contributed by atoms with Gasteiger partial charge in [-0.3, -0.25) is 0 Å². The number of nitrogens with zero attached hydrogens (tertiary/aromatic N) is 4. The molecule has 0 atom stereocenters. The first-order valence-electron chi connectivity index (χ1n) is 9.88. The molecular formula is C22H23FN4O3S. The summed E-state index contributed by atoms with van der Waals surface area (Å²) in [5.74, 6) is 0.00703. The number of hydrogen-bond donors (Lipinski definition) is 0. The van der Waals surface area contributed by atoms with E-state index < -0.39 is 15.8 Å². The highest BCUT2D eigenvalue weighted by molar-refractivity contribution is 7.89. The van der Waals surface area contributed by atoms with Crippen LogP contribution in [0, 0.1) is 12.7 Å². The van der Waals surface area contributed by atoms with Crippen LogP contribution < -0.4 is 9.64 Å². The van der Waals surface area contributed by atoms with Gasteiger partial charge in [-0.05, 0) is 42.8 Å². The highest BCUT2D eigenvalue weighted by Crippen LogP contribution is 2.25. The highest BCUT2D eigenvalue weighted by atomic mass is 32.2. The van der Waals surface area contributed by atoms with Gasteiger partial charge < -0.3 is 9.64 Å². The third kappa shape index (κ3) is 4.24. The first-order valence-corrected chi connectivity index (χ1v) is 11.3. The Morgan fingerprint density at radius 3 is 2.32 bits per heavy atom. The molecule has 2 aromatic carbocycles. The Labute approximate surface area is 181 Å². The summed E-state index contributed by atoms with van der Waals surface area (Å²) in [6, 6.07) is 15.5. The van der Waals surface area contributed by atoms with Crippen molar-refractivity contribution in [3.63, 3.8) is 0 Å². The molecule has 0 amide bonds. The number of halogens is 1. The number of benzene rings is 2. The van der Waals surface area contributed by atoms with Crippen LogP contribution in [0.25, 0.3) is 11.3 Å². The Hall–Kier alpha value is -3.04. The second-order valence-electron chi connectivity index (χ2n) is 7.28. The Morgan fingerprint density at radius 1 is 0.968 bits per heavy atom. The van der Waals surface area contributed by atoms with Crippen molar-refractivity contribution in [2.75, 3.05) is 38.2 Å². The Morgan fingerprint density at radius 2 is 1.71 bits per heavy atom. The lowest BCUT2D eigenvalue weighted by Crippen LogP contribution is -2.49. The third-order valence-corrected chi connectivity index (χ3v) is 7.29. The topological polar surface area (TPSA) is 75.6 Å². The van der Waals surface area contributed by atoms with Crippen LogP contribution in [0.3, 0.4) is 0 Å². The SMILES string of the molecule is COc1ccc(S(=O)(=O)N2CCN(c3ccc(-c4ccccc4C)nn3)CC2)cc1F. The van der Waals surface area contributed by atoms with Crippen molar-refractivity contribution in [1.82, 2.24) is 14.5 Å². The van der Waals surface area contributed by atoms with E-state index >= 15 is 0 Å². The summed E-state index contributed by atoms with van der Waals surface area (Å²) in [6.45, 7) is 3.51. The van der Waals surface area contributed by atoms with Crippen molar-refractivity contribution < 1.29 is 17.5 Å². The molecule has 1 fully saturated rings. The first kappa shape index (κ1) is 21.2. The Bertz CT molecular complexity index is 1180. The lowest BCUT2D eigenvalue weighted by molar-refractivity contribution is 0.379. The van der Waals surface area contributed by atoms with Gasteiger partial charge in [-0.2, -0.15) is 4.31 Å². The van der Waals surface area contributed by atoms with Crippen LogP contribution in [-0.4, -0.2) is 56.2 Å². The number of anilines is 1. The van der Waals surface area contributed by atoms with E-state index in [4.69, 9.17) is 4.74 Å². The fourth-order valence-corrected chi connectivity index (χ4v) is 5.05. The van der Waals surface area contributed by atoms with Crippen molar-refractivity contribution in [2.24, 2.45) is 0 Å². The van der Waals surface area contributed by atoms with Crippen LogP contribution in [0.2, 0.25) is 0 Å². The number of methoxy groups -OCH3 is 1. The molecule has 1 aliphatic rings. The van der Waals surface area contributed by atoms with Crippen molar-refractivity contribution >= 4 is 15.8 Å². The van der Waals surface area contributed by atoms with Crippen LogP contribution in [-0.2, 0) is 10.0 Å². The molecule has 31 heavy (non-hydrogen) atoms. The molecule has 0 unspecified atom stereocenters. The molecule has 162 valence electrons. The number of sulfonamides is 1. The molecular weight excluding hydrogens is 419 g/mol. The maximum absolute atomic E-state index is 14.0. The standard InChI is InChI=1S/C22H23FN4O3S/c1-16-5-3-4-6-18(16)20-8-10-22(25-24-20)26-11-13-27(14-12-26)31(28,29)17-7-9-21(30-2)19(23)15-17/h3-10,15H,11-14H2,1-2H3. The number of aryl methyl sites for hydroxylation is 1. The Balaban J connectivity index is 1.45. The van der Waals surface area contributed by atoms with Crippen LogP contribution in [0.4, 0.5) is 10.2 Å². The molecule has 1 aromatic heterocycles. The van der Waals surface area contributed by atoms with Crippen LogP contribution in [0.1, 0.15) is 5.56 Å². The van der Waals surface area contributed by atoms with E-state index in [1.165, 1.54) is 23.5 Å². The van der Waals surface area contributed by atoms with Gasteiger partial charge in [0.05, 0.1) is 17.7 Å². The molecule has 2 heterocycles. The van der Waals surface area contributed by atoms with Crippen molar-refractivity contribution in [1.29, 1.82) is 0 Å². The van der Waals surface area contributed by atoms with Gasteiger partial charge in [0, 0.05) is 31.7 Å². The minimum absolute atomic E-state index is 0.0106. The number of ether oxygens (including phenoxy) is 1. The summed E-state index contributed by atoms with van der Waals surface area (Å²) in [7, 11) is -2.45. The van der Waals surface area contributed by atoms with Gasteiger partial charge in [-0.25, -0.2) is 12.8 Å². The summed E-state index contributed by atoms with van der Waals surface area (Å²) < 4.78 is 46.0. The zero-order chi connectivity index (χ0) is 22.0.